The summed E-state index contributed by atoms with van der Waals surface area (Å²) in [4.78, 5) is 22.7. The number of carbonyl (C=O) groups is 1. The number of pyridine rings is 1. The van der Waals surface area contributed by atoms with E-state index in [4.69, 9.17) is 5.73 Å². The molecule has 1 saturated heterocycles. The van der Waals surface area contributed by atoms with Crippen LogP contribution in [-0.4, -0.2) is 43.5 Å². The van der Waals surface area contributed by atoms with Crippen molar-refractivity contribution in [2.45, 2.75) is 52.0 Å². The molecule has 1 amide bonds. The quantitative estimate of drug-likeness (QED) is 0.296. The number of anilines is 1. The molecular weight excluding hydrogens is 479 g/mol. The Morgan fingerprint density at radius 2 is 2.07 bits per heavy atom. The Labute approximate surface area is 191 Å². The third-order valence-electron chi connectivity index (χ3n) is 6.53. The lowest BCUT2D eigenvalue weighted by atomic mass is 9.67. The third-order valence-corrected chi connectivity index (χ3v) is 6.53. The maximum atomic E-state index is 11.4. The molecule has 0 unspecified atom stereocenters. The van der Waals surface area contributed by atoms with Crippen molar-refractivity contribution in [3.63, 3.8) is 0 Å². The summed E-state index contributed by atoms with van der Waals surface area (Å²) >= 11 is 0. The van der Waals surface area contributed by atoms with Gasteiger partial charge in [-0.1, -0.05) is 19.4 Å². The summed E-state index contributed by atoms with van der Waals surface area (Å²) in [6.45, 7) is 5.54. The van der Waals surface area contributed by atoms with Gasteiger partial charge in [-0.3, -0.25) is 9.79 Å². The van der Waals surface area contributed by atoms with Crippen LogP contribution in [0.25, 0.3) is 0 Å². The molecule has 1 saturated carbocycles. The Bertz CT molecular complexity index is 693. The van der Waals surface area contributed by atoms with Crippen LogP contribution >= 0.6 is 24.0 Å². The predicted octanol–water partition coefficient (Wildman–Crippen LogP) is 2.65. The normalized spacial score (nSPS) is 19.1. The molecular formula is C21H35IN6O. The first-order valence-electron chi connectivity index (χ1n) is 10.5. The van der Waals surface area contributed by atoms with Gasteiger partial charge < -0.3 is 21.3 Å². The molecule has 0 radical (unpaired) electrons. The number of nitrogens with zero attached hydrogens (tertiary/aromatic N) is 3. The van der Waals surface area contributed by atoms with Gasteiger partial charge in [0.05, 0.1) is 0 Å². The average molecular weight is 514 g/mol. The number of rotatable bonds is 7. The molecule has 29 heavy (non-hydrogen) atoms. The molecule has 162 valence electrons. The van der Waals surface area contributed by atoms with Crippen molar-refractivity contribution in [3.05, 3.63) is 23.9 Å². The van der Waals surface area contributed by atoms with E-state index in [9.17, 15) is 4.79 Å². The molecule has 1 aromatic rings. The molecule has 8 heteroatoms. The minimum Gasteiger partial charge on any atom is -0.369 e. The number of guanidine groups is 1. The first-order chi connectivity index (χ1) is 13.6. The number of hydrogen-bond donors (Lipinski definition) is 3. The van der Waals surface area contributed by atoms with Crippen LogP contribution in [0.2, 0.25) is 0 Å². The Balaban J connectivity index is 0.00000300. The van der Waals surface area contributed by atoms with Crippen LogP contribution in [0.3, 0.4) is 0 Å². The van der Waals surface area contributed by atoms with Gasteiger partial charge in [-0.2, -0.15) is 0 Å². The van der Waals surface area contributed by atoms with Crippen molar-refractivity contribution in [1.29, 1.82) is 0 Å². The van der Waals surface area contributed by atoms with E-state index in [1.165, 1.54) is 25.7 Å². The van der Waals surface area contributed by atoms with Crippen molar-refractivity contribution < 1.29 is 4.79 Å². The number of aromatic nitrogens is 1. The van der Waals surface area contributed by atoms with Gasteiger partial charge in [0.15, 0.2) is 5.96 Å². The second kappa shape index (κ2) is 11.0. The van der Waals surface area contributed by atoms with Crippen LogP contribution < -0.4 is 21.3 Å². The molecule has 3 rings (SSSR count). The number of aliphatic imine (C=N–C) groups is 1. The topological polar surface area (TPSA) is 95.6 Å². The monoisotopic (exact) mass is 514 g/mol. The Morgan fingerprint density at radius 1 is 1.34 bits per heavy atom. The summed E-state index contributed by atoms with van der Waals surface area (Å²) in [5.41, 5.74) is 7.04. The second-order valence-electron chi connectivity index (χ2n) is 8.14. The summed E-state index contributed by atoms with van der Waals surface area (Å²) < 4.78 is 0. The number of primary amides is 1. The Hall–Kier alpha value is -1.58. The van der Waals surface area contributed by atoms with E-state index in [1.807, 2.05) is 19.3 Å². The largest absolute Gasteiger partial charge is 0.369 e. The highest BCUT2D eigenvalue weighted by Gasteiger charge is 2.35. The molecule has 7 nitrogen and oxygen atoms in total. The standard InChI is InChI=1S/C21H34N6O.HI/c1-3-21(9-5-10-21)15-26-20(23-2)25-14-17-6-4-11-24-19(17)27-12-7-16(8-13-27)18(22)28;/h4,6,11,16H,3,5,7-10,12-15H2,1-2H3,(H2,22,28)(H2,23,25,26);1H. The summed E-state index contributed by atoms with van der Waals surface area (Å²) in [6.07, 6.45) is 8.58. The van der Waals surface area contributed by atoms with Crippen LogP contribution in [0.5, 0.6) is 0 Å². The molecule has 2 fully saturated rings. The zero-order chi connectivity index (χ0) is 20.0. The van der Waals surface area contributed by atoms with Crippen molar-refractivity contribution in [1.82, 2.24) is 15.6 Å². The van der Waals surface area contributed by atoms with E-state index in [0.717, 1.165) is 49.8 Å². The first-order valence-corrected chi connectivity index (χ1v) is 10.5. The molecule has 0 spiro atoms. The number of nitrogens with two attached hydrogens (primary N) is 1. The molecule has 2 aliphatic rings. The summed E-state index contributed by atoms with van der Waals surface area (Å²) in [6, 6.07) is 4.07. The van der Waals surface area contributed by atoms with E-state index in [2.05, 4.69) is 38.5 Å². The highest BCUT2D eigenvalue weighted by molar-refractivity contribution is 14.0. The number of amides is 1. The van der Waals surface area contributed by atoms with Gasteiger partial charge in [-0.15, -0.1) is 24.0 Å². The molecule has 0 atom stereocenters. The van der Waals surface area contributed by atoms with E-state index in [1.54, 1.807) is 0 Å². The fourth-order valence-corrected chi connectivity index (χ4v) is 4.23. The fraction of sp³-hybridized carbons (Fsp3) is 0.667. The van der Waals surface area contributed by atoms with E-state index in [-0.39, 0.29) is 35.8 Å². The van der Waals surface area contributed by atoms with Gasteiger partial charge in [-0.25, -0.2) is 4.98 Å². The SMILES string of the molecule is CCC1(CNC(=NC)NCc2cccnc2N2CCC(C(N)=O)CC2)CCC1.I. The van der Waals surface area contributed by atoms with Gasteiger partial charge in [0, 0.05) is 50.9 Å². The van der Waals surface area contributed by atoms with Crippen molar-refractivity contribution in [2.75, 3.05) is 31.6 Å². The smallest absolute Gasteiger partial charge is 0.220 e. The molecule has 1 aliphatic carbocycles. The maximum absolute atomic E-state index is 11.4. The number of hydrogen-bond acceptors (Lipinski definition) is 4. The van der Waals surface area contributed by atoms with Crippen LogP contribution in [-0.2, 0) is 11.3 Å². The number of nitrogens with one attached hydrogen (secondary N) is 2. The zero-order valence-electron chi connectivity index (χ0n) is 17.6. The van der Waals surface area contributed by atoms with Gasteiger partial charge in [-0.05, 0) is 43.6 Å². The molecule has 0 aromatic carbocycles. The first kappa shape index (κ1) is 23.7. The average Bonchev–Trinajstić information content (AvgIpc) is 2.70. The summed E-state index contributed by atoms with van der Waals surface area (Å²) in [5.74, 6) is 1.62. The molecule has 1 aliphatic heterocycles. The lowest BCUT2D eigenvalue weighted by Gasteiger charge is -2.41. The van der Waals surface area contributed by atoms with Crippen LogP contribution in [0.15, 0.2) is 23.3 Å². The lowest BCUT2D eigenvalue weighted by Crippen LogP contribution is -2.46. The van der Waals surface area contributed by atoms with Crippen LogP contribution in [0.4, 0.5) is 5.82 Å². The maximum Gasteiger partial charge on any atom is 0.220 e. The highest BCUT2D eigenvalue weighted by atomic mass is 127. The van der Waals surface area contributed by atoms with Crippen LogP contribution in [0.1, 0.15) is 51.0 Å². The van der Waals surface area contributed by atoms with Gasteiger partial charge in [0.2, 0.25) is 5.91 Å². The van der Waals surface area contributed by atoms with E-state index in [0.29, 0.717) is 12.0 Å². The fourth-order valence-electron chi connectivity index (χ4n) is 4.23. The number of carbonyl (C=O) groups excluding carboxylic acids is 1. The zero-order valence-corrected chi connectivity index (χ0v) is 19.9. The lowest BCUT2D eigenvalue weighted by molar-refractivity contribution is -0.122. The van der Waals surface area contributed by atoms with Crippen LogP contribution in [0, 0.1) is 11.3 Å². The molecule has 4 N–H and O–H groups in total. The molecule has 2 heterocycles. The Morgan fingerprint density at radius 3 is 2.62 bits per heavy atom. The Kier molecular flexibility index (Phi) is 8.98. The van der Waals surface area contributed by atoms with E-state index < -0.39 is 0 Å². The number of piperidine rings is 1. The molecule has 0 bridgehead atoms. The highest BCUT2D eigenvalue weighted by Crippen LogP contribution is 2.43. The third kappa shape index (κ3) is 5.96. The minimum absolute atomic E-state index is 0. The van der Waals surface area contributed by atoms with Crippen molar-refractivity contribution in [2.24, 2.45) is 22.1 Å². The number of halogens is 1. The van der Waals surface area contributed by atoms with Gasteiger partial charge in [0.1, 0.15) is 5.82 Å². The minimum atomic E-state index is -0.186. The predicted molar refractivity (Wildman–Crippen MR) is 129 cm³/mol. The van der Waals surface area contributed by atoms with Gasteiger partial charge >= 0.3 is 0 Å². The summed E-state index contributed by atoms with van der Waals surface area (Å²) in [7, 11) is 1.81. The molecule has 1 aromatic heterocycles. The van der Waals surface area contributed by atoms with E-state index >= 15 is 0 Å². The summed E-state index contributed by atoms with van der Waals surface area (Å²) in [5, 5.41) is 6.94. The van der Waals surface area contributed by atoms with Crippen molar-refractivity contribution >= 4 is 41.7 Å². The van der Waals surface area contributed by atoms with Crippen molar-refractivity contribution in [3.8, 4) is 0 Å². The second-order valence-corrected chi connectivity index (χ2v) is 8.14. The van der Waals surface area contributed by atoms with Gasteiger partial charge in [0.25, 0.3) is 0 Å².